The molecule has 26 heavy (non-hydrogen) atoms. The first-order valence-corrected chi connectivity index (χ1v) is 8.88. The lowest BCUT2D eigenvalue weighted by molar-refractivity contribution is 0.102. The van der Waals surface area contributed by atoms with E-state index in [1.54, 1.807) is 42.5 Å². The standard InChI is InChI=1S/C19H17Cl2N3O2/c1-11(2)10-24-19(26)14-6-4-3-5-13(14)17(23-24)18(25)22-12-7-8-15(20)16(21)9-12/h3-9,11H,10H2,1-2H3,(H,22,25). The Kier molecular flexibility index (Phi) is 5.30. The molecule has 0 unspecified atom stereocenters. The minimum Gasteiger partial charge on any atom is -0.321 e. The van der Waals surface area contributed by atoms with E-state index < -0.39 is 5.91 Å². The molecule has 7 heteroatoms. The van der Waals surface area contributed by atoms with Gasteiger partial charge in [0.1, 0.15) is 0 Å². The number of nitrogens with zero attached hydrogens (tertiary/aromatic N) is 2. The van der Waals surface area contributed by atoms with Crippen LogP contribution < -0.4 is 10.9 Å². The number of carbonyl (C=O) groups is 1. The molecular formula is C19H17Cl2N3O2. The lowest BCUT2D eigenvalue weighted by Crippen LogP contribution is -2.29. The fourth-order valence-electron chi connectivity index (χ4n) is 2.64. The van der Waals surface area contributed by atoms with E-state index in [1.165, 1.54) is 4.68 Å². The van der Waals surface area contributed by atoms with E-state index >= 15 is 0 Å². The lowest BCUT2D eigenvalue weighted by atomic mass is 10.1. The highest BCUT2D eigenvalue weighted by Crippen LogP contribution is 2.25. The summed E-state index contributed by atoms with van der Waals surface area (Å²) in [7, 11) is 0. The Morgan fingerprint density at radius 2 is 1.81 bits per heavy atom. The molecular weight excluding hydrogens is 373 g/mol. The van der Waals surface area contributed by atoms with Crippen molar-refractivity contribution in [2.24, 2.45) is 5.92 Å². The highest BCUT2D eigenvalue weighted by atomic mass is 35.5. The van der Waals surface area contributed by atoms with Crippen LogP contribution in [0.2, 0.25) is 10.0 Å². The van der Waals surface area contributed by atoms with E-state index in [0.717, 1.165) is 0 Å². The highest BCUT2D eigenvalue weighted by Gasteiger charge is 2.17. The van der Waals surface area contributed by atoms with Crippen molar-refractivity contribution < 1.29 is 4.79 Å². The van der Waals surface area contributed by atoms with Crippen molar-refractivity contribution in [3.8, 4) is 0 Å². The van der Waals surface area contributed by atoms with Crippen molar-refractivity contribution >= 4 is 45.6 Å². The van der Waals surface area contributed by atoms with Crippen molar-refractivity contribution in [1.82, 2.24) is 9.78 Å². The summed E-state index contributed by atoms with van der Waals surface area (Å²) in [5.41, 5.74) is 0.476. The normalized spacial score (nSPS) is 11.1. The summed E-state index contributed by atoms with van der Waals surface area (Å²) in [5.74, 6) is -0.204. The van der Waals surface area contributed by atoms with Crippen LogP contribution >= 0.6 is 23.2 Å². The Balaban J connectivity index is 2.07. The predicted octanol–water partition coefficient (Wildman–Crippen LogP) is 4.61. The largest absolute Gasteiger partial charge is 0.321 e. The van der Waals surface area contributed by atoms with E-state index in [1.807, 2.05) is 13.8 Å². The minimum atomic E-state index is -0.419. The summed E-state index contributed by atoms with van der Waals surface area (Å²) in [6, 6.07) is 11.8. The van der Waals surface area contributed by atoms with E-state index in [4.69, 9.17) is 23.2 Å². The molecule has 1 heterocycles. The third kappa shape index (κ3) is 3.74. The fourth-order valence-corrected chi connectivity index (χ4v) is 2.93. The summed E-state index contributed by atoms with van der Waals surface area (Å²) in [6.07, 6.45) is 0. The molecule has 1 aromatic heterocycles. The molecule has 1 amide bonds. The van der Waals surface area contributed by atoms with Gasteiger partial charge in [-0.25, -0.2) is 4.68 Å². The molecule has 0 aliphatic rings. The van der Waals surface area contributed by atoms with Gasteiger partial charge in [-0.05, 0) is 30.2 Å². The maximum Gasteiger partial charge on any atom is 0.276 e. The van der Waals surface area contributed by atoms with Crippen molar-refractivity contribution in [2.45, 2.75) is 20.4 Å². The van der Waals surface area contributed by atoms with Gasteiger partial charge in [0.25, 0.3) is 11.5 Å². The predicted molar refractivity (Wildman–Crippen MR) is 105 cm³/mol. The number of hydrogen-bond acceptors (Lipinski definition) is 3. The molecule has 134 valence electrons. The Bertz CT molecular complexity index is 1040. The molecule has 0 spiro atoms. The number of anilines is 1. The maximum atomic E-state index is 12.8. The van der Waals surface area contributed by atoms with Crippen LogP contribution in [0.15, 0.2) is 47.3 Å². The van der Waals surface area contributed by atoms with Gasteiger partial charge in [-0.1, -0.05) is 55.2 Å². The number of nitrogens with one attached hydrogen (secondary N) is 1. The second-order valence-corrected chi connectivity index (χ2v) is 7.17. The molecule has 5 nitrogen and oxygen atoms in total. The monoisotopic (exact) mass is 389 g/mol. The van der Waals surface area contributed by atoms with Crippen LogP contribution in [0.25, 0.3) is 10.8 Å². The second kappa shape index (κ2) is 7.48. The molecule has 0 aliphatic carbocycles. The second-order valence-electron chi connectivity index (χ2n) is 6.36. The van der Waals surface area contributed by atoms with Gasteiger partial charge in [0.05, 0.1) is 15.4 Å². The molecule has 0 saturated carbocycles. The molecule has 1 N–H and O–H groups in total. The number of fused-ring (bicyclic) bond motifs is 1. The summed E-state index contributed by atoms with van der Waals surface area (Å²) in [5, 5.41) is 8.78. The van der Waals surface area contributed by atoms with E-state index in [2.05, 4.69) is 10.4 Å². The smallest absolute Gasteiger partial charge is 0.276 e. The topological polar surface area (TPSA) is 64.0 Å². The first-order valence-electron chi connectivity index (χ1n) is 8.13. The third-order valence-electron chi connectivity index (χ3n) is 3.80. The van der Waals surface area contributed by atoms with Crippen molar-refractivity contribution in [2.75, 3.05) is 5.32 Å². The molecule has 0 radical (unpaired) electrons. The fraction of sp³-hybridized carbons (Fsp3) is 0.211. The van der Waals surface area contributed by atoms with E-state index in [9.17, 15) is 9.59 Å². The molecule has 0 saturated heterocycles. The van der Waals surface area contributed by atoms with Crippen LogP contribution in [0.1, 0.15) is 24.3 Å². The van der Waals surface area contributed by atoms with Gasteiger partial charge in [-0.2, -0.15) is 5.10 Å². The quantitative estimate of drug-likeness (QED) is 0.708. The van der Waals surface area contributed by atoms with Crippen LogP contribution in [0.3, 0.4) is 0 Å². The molecule has 3 rings (SSSR count). The van der Waals surface area contributed by atoms with Crippen molar-refractivity contribution in [1.29, 1.82) is 0 Å². The Labute approximate surface area is 160 Å². The van der Waals surface area contributed by atoms with Gasteiger partial charge in [0, 0.05) is 17.6 Å². The van der Waals surface area contributed by atoms with Gasteiger partial charge in [-0.15, -0.1) is 0 Å². The number of rotatable bonds is 4. The Morgan fingerprint density at radius 1 is 1.12 bits per heavy atom. The zero-order valence-corrected chi connectivity index (χ0v) is 15.8. The molecule has 0 atom stereocenters. The zero-order valence-electron chi connectivity index (χ0n) is 14.3. The first-order chi connectivity index (χ1) is 12.4. The van der Waals surface area contributed by atoms with Crippen LogP contribution in [0.5, 0.6) is 0 Å². The first kappa shape index (κ1) is 18.4. The van der Waals surface area contributed by atoms with Gasteiger partial charge < -0.3 is 5.32 Å². The van der Waals surface area contributed by atoms with Gasteiger partial charge >= 0.3 is 0 Å². The minimum absolute atomic E-state index is 0.187. The zero-order chi connectivity index (χ0) is 18.8. The number of hydrogen-bond donors (Lipinski definition) is 1. The SMILES string of the molecule is CC(C)Cn1nc(C(=O)Nc2ccc(Cl)c(Cl)c2)c2ccccc2c1=O. The van der Waals surface area contributed by atoms with Crippen LogP contribution in [-0.2, 0) is 6.54 Å². The van der Waals surface area contributed by atoms with Crippen molar-refractivity contribution in [3.05, 3.63) is 68.6 Å². The summed E-state index contributed by atoms with van der Waals surface area (Å²) < 4.78 is 1.34. The molecule has 2 aromatic carbocycles. The number of halogens is 2. The molecule has 0 bridgehead atoms. The third-order valence-corrected chi connectivity index (χ3v) is 4.54. The van der Waals surface area contributed by atoms with Crippen molar-refractivity contribution in [3.63, 3.8) is 0 Å². The van der Waals surface area contributed by atoms with Crippen LogP contribution in [0, 0.1) is 5.92 Å². The van der Waals surface area contributed by atoms with Crippen LogP contribution in [-0.4, -0.2) is 15.7 Å². The van der Waals surface area contributed by atoms with E-state index in [0.29, 0.717) is 33.0 Å². The maximum absolute atomic E-state index is 12.8. The molecule has 0 fully saturated rings. The highest BCUT2D eigenvalue weighted by molar-refractivity contribution is 6.42. The average Bonchev–Trinajstić information content (AvgIpc) is 2.60. The number of aromatic nitrogens is 2. The summed E-state index contributed by atoms with van der Waals surface area (Å²) in [6.45, 7) is 4.40. The van der Waals surface area contributed by atoms with Gasteiger partial charge in [0.2, 0.25) is 0 Å². The Morgan fingerprint density at radius 3 is 2.46 bits per heavy atom. The molecule has 0 aliphatic heterocycles. The van der Waals surface area contributed by atoms with Gasteiger partial charge in [-0.3, -0.25) is 9.59 Å². The summed E-state index contributed by atoms with van der Waals surface area (Å²) in [4.78, 5) is 25.4. The molecule has 3 aromatic rings. The van der Waals surface area contributed by atoms with E-state index in [-0.39, 0.29) is 17.2 Å². The summed E-state index contributed by atoms with van der Waals surface area (Å²) >= 11 is 11.9. The van der Waals surface area contributed by atoms with Gasteiger partial charge in [0.15, 0.2) is 5.69 Å². The number of benzene rings is 2. The number of carbonyl (C=O) groups excluding carboxylic acids is 1. The average molecular weight is 390 g/mol. The Hall–Kier alpha value is -2.37. The number of amides is 1. The van der Waals surface area contributed by atoms with Crippen LogP contribution in [0.4, 0.5) is 5.69 Å². The lowest BCUT2D eigenvalue weighted by Gasteiger charge is -2.13.